The summed E-state index contributed by atoms with van der Waals surface area (Å²) in [5.41, 5.74) is 4.66. The molecule has 0 atom stereocenters. The van der Waals surface area contributed by atoms with Crippen LogP contribution < -0.4 is 0 Å². The zero-order chi connectivity index (χ0) is 15.2. The second-order valence-corrected chi connectivity index (χ2v) is 6.70. The van der Waals surface area contributed by atoms with Crippen molar-refractivity contribution in [3.63, 3.8) is 0 Å². The molecule has 1 aromatic carbocycles. The van der Waals surface area contributed by atoms with Crippen LogP contribution in [0.15, 0.2) is 18.2 Å². The molecule has 0 amide bonds. The highest BCUT2D eigenvalue weighted by Crippen LogP contribution is 2.24. The molecular formula is C19H29NO2. The molecule has 3 nitrogen and oxygen atoms in total. The van der Waals surface area contributed by atoms with E-state index >= 15 is 0 Å². The molecule has 0 unspecified atom stereocenters. The first-order valence-corrected chi connectivity index (χ1v) is 8.91. The van der Waals surface area contributed by atoms with E-state index in [2.05, 4.69) is 23.1 Å². The molecule has 1 fully saturated rings. The normalized spacial score (nSPS) is 20.0. The van der Waals surface area contributed by atoms with Gasteiger partial charge in [-0.2, -0.15) is 0 Å². The number of ether oxygens (including phenoxy) is 1. The summed E-state index contributed by atoms with van der Waals surface area (Å²) in [5.74, 6) is 0. The van der Waals surface area contributed by atoms with Gasteiger partial charge in [0.05, 0.1) is 19.3 Å². The van der Waals surface area contributed by atoms with Crippen molar-refractivity contribution < 1.29 is 9.84 Å². The number of likely N-dealkylation sites (tertiary alicyclic amines) is 1. The summed E-state index contributed by atoms with van der Waals surface area (Å²) in [6.45, 7) is 4.66. The predicted molar refractivity (Wildman–Crippen MR) is 89.3 cm³/mol. The minimum Gasteiger partial charge on any atom is -0.393 e. The molecule has 1 aliphatic heterocycles. The van der Waals surface area contributed by atoms with Crippen molar-refractivity contribution in [2.75, 3.05) is 32.8 Å². The molecule has 1 N–H and O–H groups in total. The number of aryl methyl sites for hydroxylation is 1. The molecule has 1 saturated heterocycles. The lowest BCUT2D eigenvalue weighted by Crippen LogP contribution is -2.37. The van der Waals surface area contributed by atoms with Gasteiger partial charge in [-0.25, -0.2) is 0 Å². The molecule has 2 aliphatic rings. The van der Waals surface area contributed by atoms with E-state index in [4.69, 9.17) is 4.74 Å². The number of nitrogens with zero attached hydrogens (tertiary/aromatic N) is 1. The fraction of sp³-hybridized carbons (Fsp3) is 0.684. The summed E-state index contributed by atoms with van der Waals surface area (Å²) in [7, 11) is 0. The molecule has 1 aliphatic carbocycles. The maximum absolute atomic E-state index is 9.50. The van der Waals surface area contributed by atoms with Crippen molar-refractivity contribution in [1.29, 1.82) is 0 Å². The molecule has 0 aromatic heterocycles. The third kappa shape index (κ3) is 4.31. The molecule has 0 radical (unpaired) electrons. The van der Waals surface area contributed by atoms with Crippen molar-refractivity contribution in [2.45, 2.75) is 51.0 Å². The maximum atomic E-state index is 9.50. The van der Waals surface area contributed by atoms with E-state index in [0.29, 0.717) is 0 Å². The molecule has 0 bridgehead atoms. The fourth-order valence-corrected chi connectivity index (χ4v) is 3.72. The lowest BCUT2D eigenvalue weighted by Gasteiger charge is -2.29. The molecular weight excluding hydrogens is 274 g/mol. The second-order valence-electron chi connectivity index (χ2n) is 6.70. The first kappa shape index (κ1) is 16.0. The third-order valence-electron chi connectivity index (χ3n) is 5.12. The Morgan fingerprint density at radius 2 is 1.91 bits per heavy atom. The molecule has 122 valence electrons. The Kier molecular flexibility index (Phi) is 5.88. The monoisotopic (exact) mass is 303 g/mol. The van der Waals surface area contributed by atoms with Crippen molar-refractivity contribution in [1.82, 2.24) is 4.90 Å². The highest BCUT2D eigenvalue weighted by atomic mass is 16.5. The molecule has 1 aromatic rings. The Hall–Kier alpha value is -0.900. The Balaban J connectivity index is 1.37. The third-order valence-corrected chi connectivity index (χ3v) is 5.12. The average Bonchev–Trinajstić information content (AvgIpc) is 2.56. The van der Waals surface area contributed by atoms with Gasteiger partial charge >= 0.3 is 0 Å². The summed E-state index contributed by atoms with van der Waals surface area (Å²) < 4.78 is 5.85. The minimum atomic E-state index is -0.0820. The first-order valence-electron chi connectivity index (χ1n) is 8.91. The summed E-state index contributed by atoms with van der Waals surface area (Å²) >= 11 is 0. The number of fused-ring (bicyclic) bond motifs is 1. The molecule has 0 saturated carbocycles. The van der Waals surface area contributed by atoms with E-state index in [9.17, 15) is 5.11 Å². The lowest BCUT2D eigenvalue weighted by molar-refractivity contribution is 0.0564. The van der Waals surface area contributed by atoms with Gasteiger partial charge in [0.2, 0.25) is 0 Å². The molecule has 1 heterocycles. The standard InChI is InChI=1S/C19H29NO2/c21-18-8-11-20(12-9-18)13-15-22-14-10-17-6-3-5-16-4-1-2-7-19(16)17/h3,5-6,18,21H,1-2,4,7-15H2. The summed E-state index contributed by atoms with van der Waals surface area (Å²) in [5, 5.41) is 9.50. The number of aliphatic hydroxyl groups excluding tert-OH is 1. The van der Waals surface area contributed by atoms with E-state index in [1.54, 1.807) is 11.1 Å². The van der Waals surface area contributed by atoms with Crippen LogP contribution in [0.5, 0.6) is 0 Å². The van der Waals surface area contributed by atoms with E-state index in [1.807, 2.05) is 0 Å². The average molecular weight is 303 g/mol. The van der Waals surface area contributed by atoms with Crippen LogP contribution in [0.4, 0.5) is 0 Å². The van der Waals surface area contributed by atoms with Crippen molar-refractivity contribution in [3.8, 4) is 0 Å². The van der Waals surface area contributed by atoms with Gasteiger partial charge < -0.3 is 14.7 Å². The first-order chi connectivity index (χ1) is 10.8. The number of aliphatic hydroxyl groups is 1. The van der Waals surface area contributed by atoms with Crippen molar-refractivity contribution in [3.05, 3.63) is 34.9 Å². The van der Waals surface area contributed by atoms with Crippen LogP contribution in [-0.2, 0) is 24.0 Å². The lowest BCUT2D eigenvalue weighted by atomic mass is 9.87. The number of hydrogen-bond donors (Lipinski definition) is 1. The molecule has 0 spiro atoms. The van der Waals surface area contributed by atoms with Crippen LogP contribution in [-0.4, -0.2) is 49.0 Å². The molecule has 3 rings (SSSR count). The van der Waals surface area contributed by atoms with E-state index in [1.165, 1.54) is 31.2 Å². The number of rotatable bonds is 6. The Bertz CT molecular complexity index is 467. The zero-order valence-corrected chi connectivity index (χ0v) is 13.6. The zero-order valence-electron chi connectivity index (χ0n) is 13.6. The van der Waals surface area contributed by atoms with Crippen LogP contribution in [0.25, 0.3) is 0 Å². The fourth-order valence-electron chi connectivity index (χ4n) is 3.72. The van der Waals surface area contributed by atoms with Crippen LogP contribution in [0.2, 0.25) is 0 Å². The van der Waals surface area contributed by atoms with Gasteiger partial charge in [-0.1, -0.05) is 18.2 Å². The smallest absolute Gasteiger partial charge is 0.0593 e. The van der Waals surface area contributed by atoms with E-state index in [0.717, 1.165) is 52.1 Å². The Labute approximate surface area is 134 Å². The largest absolute Gasteiger partial charge is 0.393 e. The van der Waals surface area contributed by atoms with Crippen LogP contribution >= 0.6 is 0 Å². The molecule has 3 heteroatoms. The maximum Gasteiger partial charge on any atom is 0.0593 e. The number of benzene rings is 1. The number of piperidine rings is 1. The van der Waals surface area contributed by atoms with E-state index < -0.39 is 0 Å². The van der Waals surface area contributed by atoms with Crippen LogP contribution in [0.3, 0.4) is 0 Å². The van der Waals surface area contributed by atoms with Gasteiger partial charge in [0.15, 0.2) is 0 Å². The summed E-state index contributed by atoms with van der Waals surface area (Å²) in [6.07, 6.45) is 7.98. The van der Waals surface area contributed by atoms with Crippen LogP contribution in [0.1, 0.15) is 42.4 Å². The van der Waals surface area contributed by atoms with Gasteiger partial charge in [0, 0.05) is 19.6 Å². The van der Waals surface area contributed by atoms with Gasteiger partial charge in [-0.05, 0) is 61.6 Å². The Morgan fingerprint density at radius 1 is 1.09 bits per heavy atom. The topological polar surface area (TPSA) is 32.7 Å². The molecule has 22 heavy (non-hydrogen) atoms. The van der Waals surface area contributed by atoms with Gasteiger partial charge in [-0.3, -0.25) is 0 Å². The predicted octanol–water partition coefficient (Wildman–Crippen LogP) is 2.58. The number of hydrogen-bond acceptors (Lipinski definition) is 3. The highest BCUT2D eigenvalue weighted by Gasteiger charge is 2.16. The van der Waals surface area contributed by atoms with Crippen LogP contribution in [0, 0.1) is 0 Å². The second kappa shape index (κ2) is 8.09. The van der Waals surface area contributed by atoms with Gasteiger partial charge in [0.1, 0.15) is 0 Å². The van der Waals surface area contributed by atoms with Crippen molar-refractivity contribution >= 4 is 0 Å². The summed E-state index contributed by atoms with van der Waals surface area (Å²) in [6, 6.07) is 6.78. The van der Waals surface area contributed by atoms with Crippen molar-refractivity contribution in [2.24, 2.45) is 0 Å². The highest BCUT2D eigenvalue weighted by molar-refractivity contribution is 5.37. The summed E-state index contributed by atoms with van der Waals surface area (Å²) in [4.78, 5) is 2.40. The minimum absolute atomic E-state index is 0.0820. The van der Waals surface area contributed by atoms with E-state index in [-0.39, 0.29) is 6.10 Å². The Morgan fingerprint density at radius 3 is 2.77 bits per heavy atom. The van der Waals surface area contributed by atoms with Gasteiger partial charge in [0.25, 0.3) is 0 Å². The van der Waals surface area contributed by atoms with Gasteiger partial charge in [-0.15, -0.1) is 0 Å². The quantitative estimate of drug-likeness (QED) is 0.820. The SMILES string of the molecule is OC1CCN(CCOCCc2cccc3c2CCCC3)CC1.